The third-order valence-electron chi connectivity index (χ3n) is 4.65. The summed E-state index contributed by atoms with van der Waals surface area (Å²) in [5.74, 6) is -3.47. The first-order chi connectivity index (χ1) is 12.9. The first-order valence-electron chi connectivity index (χ1n) is 8.08. The molecule has 12 heteroatoms. The highest BCUT2D eigenvalue weighted by molar-refractivity contribution is 5.93. The van der Waals surface area contributed by atoms with Crippen molar-refractivity contribution in [1.82, 2.24) is 10.3 Å². The molecule has 3 fully saturated rings. The van der Waals surface area contributed by atoms with E-state index in [1.165, 1.54) is 12.1 Å². The van der Waals surface area contributed by atoms with Crippen LogP contribution < -0.4 is 10.6 Å². The Morgan fingerprint density at radius 2 is 1.64 bits per heavy atom. The molecule has 0 unspecified atom stereocenters. The summed E-state index contributed by atoms with van der Waals surface area (Å²) in [4.78, 5) is 35.7. The van der Waals surface area contributed by atoms with Gasteiger partial charge in [-0.2, -0.15) is 13.2 Å². The second-order valence-corrected chi connectivity index (χ2v) is 6.74. The Balaban J connectivity index is 0.000000345. The molecule has 2 bridgehead atoms. The number of aliphatic carboxylic acids is 2. The van der Waals surface area contributed by atoms with Gasteiger partial charge >= 0.3 is 18.1 Å². The number of hydrogen-bond acceptors (Lipinski definition) is 5. The van der Waals surface area contributed by atoms with Gasteiger partial charge in [0.2, 0.25) is 5.91 Å². The van der Waals surface area contributed by atoms with Crippen molar-refractivity contribution in [3.05, 3.63) is 24.1 Å². The molecule has 3 aliphatic rings. The Morgan fingerprint density at radius 1 is 1.07 bits per heavy atom. The van der Waals surface area contributed by atoms with E-state index < -0.39 is 34.8 Å². The van der Waals surface area contributed by atoms with E-state index in [1.807, 2.05) is 0 Å². The number of pyridine rings is 1. The van der Waals surface area contributed by atoms with Crippen LogP contribution in [0.2, 0.25) is 0 Å². The lowest BCUT2D eigenvalue weighted by Crippen LogP contribution is -2.70. The van der Waals surface area contributed by atoms with Crippen LogP contribution in [0.3, 0.4) is 0 Å². The smallest absolute Gasteiger partial charge is 0.481 e. The van der Waals surface area contributed by atoms with E-state index in [1.54, 1.807) is 0 Å². The van der Waals surface area contributed by atoms with Crippen LogP contribution in [0, 0.1) is 16.6 Å². The molecule has 154 valence electrons. The first-order valence-corrected chi connectivity index (χ1v) is 8.08. The van der Waals surface area contributed by atoms with E-state index >= 15 is 0 Å². The van der Waals surface area contributed by atoms with Crippen LogP contribution in [0.5, 0.6) is 0 Å². The van der Waals surface area contributed by atoms with E-state index in [-0.39, 0.29) is 5.91 Å². The second kappa shape index (κ2) is 7.60. The van der Waals surface area contributed by atoms with Gasteiger partial charge in [0.25, 0.3) is 0 Å². The average molecular weight is 407 g/mol. The topological polar surface area (TPSA) is 129 Å². The van der Waals surface area contributed by atoms with Crippen LogP contribution in [0.25, 0.3) is 0 Å². The Labute approximate surface area is 155 Å². The summed E-state index contributed by atoms with van der Waals surface area (Å²) in [6.45, 7) is 0.893. The molecule has 0 radical (unpaired) electrons. The van der Waals surface area contributed by atoms with Crippen molar-refractivity contribution in [3.8, 4) is 0 Å². The molecule has 0 saturated heterocycles. The minimum atomic E-state index is -5.08. The van der Waals surface area contributed by atoms with Crippen LogP contribution in [0.15, 0.2) is 18.3 Å². The molecule has 0 atom stereocenters. The number of rotatable bonds is 6. The normalized spacial score (nSPS) is 24.6. The molecule has 0 aliphatic heterocycles. The number of halogens is 4. The fourth-order valence-corrected chi connectivity index (χ4v) is 3.29. The molecule has 0 aromatic carbocycles. The lowest BCUT2D eigenvalue weighted by molar-refractivity contribution is -0.220. The third-order valence-corrected chi connectivity index (χ3v) is 4.65. The van der Waals surface area contributed by atoms with Gasteiger partial charge in [0, 0.05) is 13.1 Å². The lowest BCUT2D eigenvalue weighted by Gasteiger charge is -2.66. The zero-order valence-electron chi connectivity index (χ0n) is 14.3. The van der Waals surface area contributed by atoms with Crippen molar-refractivity contribution in [2.45, 2.75) is 25.4 Å². The molecule has 4 N–H and O–H groups in total. The summed E-state index contributed by atoms with van der Waals surface area (Å²) in [5, 5.41) is 21.9. The number of nitrogens with zero attached hydrogens (tertiary/aromatic N) is 1. The highest BCUT2D eigenvalue weighted by Crippen LogP contribution is 2.73. The Hall–Kier alpha value is -2.92. The molecule has 1 aromatic heterocycles. The van der Waals surface area contributed by atoms with Crippen molar-refractivity contribution in [2.24, 2.45) is 10.8 Å². The maximum atomic E-state index is 12.7. The highest BCUT2D eigenvalue weighted by atomic mass is 19.4. The van der Waals surface area contributed by atoms with Crippen molar-refractivity contribution in [2.75, 3.05) is 18.4 Å². The molecule has 3 saturated carbocycles. The van der Waals surface area contributed by atoms with Gasteiger partial charge < -0.3 is 20.8 Å². The lowest BCUT2D eigenvalue weighted by atomic mass is 9.35. The summed E-state index contributed by atoms with van der Waals surface area (Å²) >= 11 is 0. The minimum Gasteiger partial charge on any atom is -0.481 e. The standard InChI is InChI=1S/C14H16FN3O3.C2HF3O2/c15-9-1-2-10(18-5-9)16-3-4-17-11(19)13-6-14(7-13,8-13)12(20)21;3-2(4,5)1(6)7/h1-2,5H,3-4,6-8H2,(H,16,18)(H,17,19)(H,20,21);(H,6,7). The predicted molar refractivity (Wildman–Crippen MR) is 85.7 cm³/mol. The van der Waals surface area contributed by atoms with Crippen molar-refractivity contribution in [1.29, 1.82) is 0 Å². The second-order valence-electron chi connectivity index (χ2n) is 6.74. The summed E-state index contributed by atoms with van der Waals surface area (Å²) in [5.41, 5.74) is -1.08. The van der Waals surface area contributed by atoms with Gasteiger partial charge in [-0.1, -0.05) is 0 Å². The fourth-order valence-electron chi connectivity index (χ4n) is 3.29. The van der Waals surface area contributed by atoms with E-state index in [4.69, 9.17) is 15.0 Å². The number of nitrogens with one attached hydrogen (secondary N) is 2. The summed E-state index contributed by atoms with van der Waals surface area (Å²) in [6.07, 6.45) is -2.61. The molecular weight excluding hydrogens is 390 g/mol. The number of carboxylic acids is 2. The SMILES string of the molecule is O=C(O)C(F)(F)F.O=C(O)C12CC(C(=O)NCCNc3ccc(F)cn3)(C1)C2. The van der Waals surface area contributed by atoms with Gasteiger partial charge in [-0.3, -0.25) is 9.59 Å². The first kappa shape index (κ1) is 21.4. The molecule has 1 heterocycles. The van der Waals surface area contributed by atoms with Gasteiger partial charge in [-0.05, 0) is 31.4 Å². The van der Waals surface area contributed by atoms with Crippen molar-refractivity contribution >= 4 is 23.7 Å². The number of carboxylic acid groups (broad SMARTS) is 2. The Kier molecular flexibility index (Phi) is 5.80. The van der Waals surface area contributed by atoms with Gasteiger partial charge in [-0.15, -0.1) is 0 Å². The quantitative estimate of drug-likeness (QED) is 0.417. The maximum absolute atomic E-state index is 12.7. The minimum absolute atomic E-state index is 0.0699. The molecule has 0 spiro atoms. The average Bonchev–Trinajstić information content (AvgIpc) is 2.50. The number of amides is 1. The molecule has 8 nitrogen and oxygen atoms in total. The van der Waals surface area contributed by atoms with E-state index in [0.717, 1.165) is 6.20 Å². The van der Waals surface area contributed by atoms with Crippen molar-refractivity contribution < 1.29 is 42.2 Å². The summed E-state index contributed by atoms with van der Waals surface area (Å²) in [6, 6.07) is 2.83. The predicted octanol–water partition coefficient (Wildman–Crippen LogP) is 1.64. The Morgan fingerprint density at radius 3 is 2.07 bits per heavy atom. The van der Waals surface area contributed by atoms with Crippen LogP contribution in [0.1, 0.15) is 19.3 Å². The zero-order chi connectivity index (χ0) is 21.2. The fraction of sp³-hybridized carbons (Fsp3) is 0.500. The molecular formula is C16H17F4N3O5. The van der Waals surface area contributed by atoms with Crippen LogP contribution >= 0.6 is 0 Å². The van der Waals surface area contributed by atoms with Gasteiger partial charge in [0.15, 0.2) is 0 Å². The van der Waals surface area contributed by atoms with Crippen LogP contribution in [-0.2, 0) is 14.4 Å². The van der Waals surface area contributed by atoms with Gasteiger partial charge in [0.05, 0.1) is 17.0 Å². The van der Waals surface area contributed by atoms with E-state index in [9.17, 15) is 27.2 Å². The van der Waals surface area contributed by atoms with E-state index in [0.29, 0.717) is 38.2 Å². The Bertz CT molecular complexity index is 747. The van der Waals surface area contributed by atoms with Gasteiger partial charge in [0.1, 0.15) is 11.6 Å². The molecule has 3 aliphatic carbocycles. The summed E-state index contributed by atoms with van der Waals surface area (Å²) < 4.78 is 44.4. The largest absolute Gasteiger partial charge is 0.490 e. The monoisotopic (exact) mass is 407 g/mol. The van der Waals surface area contributed by atoms with Crippen LogP contribution in [-0.4, -0.2) is 52.3 Å². The maximum Gasteiger partial charge on any atom is 0.490 e. The summed E-state index contributed by atoms with van der Waals surface area (Å²) in [7, 11) is 0. The highest BCUT2D eigenvalue weighted by Gasteiger charge is 2.75. The number of aromatic nitrogens is 1. The van der Waals surface area contributed by atoms with Gasteiger partial charge in [-0.25, -0.2) is 14.2 Å². The number of anilines is 1. The number of hydrogen-bond donors (Lipinski definition) is 4. The molecule has 1 amide bonds. The number of carbonyl (C=O) groups is 3. The van der Waals surface area contributed by atoms with Crippen LogP contribution in [0.4, 0.5) is 23.4 Å². The molecule has 28 heavy (non-hydrogen) atoms. The van der Waals surface area contributed by atoms with Crippen molar-refractivity contribution in [3.63, 3.8) is 0 Å². The number of carbonyl (C=O) groups excluding carboxylic acids is 1. The third kappa shape index (κ3) is 4.49. The number of alkyl halides is 3. The molecule has 1 aromatic rings. The van der Waals surface area contributed by atoms with E-state index in [2.05, 4.69) is 15.6 Å². The zero-order valence-corrected chi connectivity index (χ0v) is 14.3. The molecule has 4 rings (SSSR count).